The molecule has 3 aromatic rings. The summed E-state index contributed by atoms with van der Waals surface area (Å²) in [5.41, 5.74) is 3.88. The highest BCUT2D eigenvalue weighted by Crippen LogP contribution is 2.41. The molecule has 30 heavy (non-hydrogen) atoms. The van der Waals surface area contributed by atoms with Crippen LogP contribution in [0.3, 0.4) is 0 Å². The van der Waals surface area contributed by atoms with Crippen molar-refractivity contribution in [2.24, 2.45) is 0 Å². The van der Waals surface area contributed by atoms with Gasteiger partial charge in [-0.25, -0.2) is 0 Å². The molecule has 154 valence electrons. The molecule has 3 atom stereocenters. The first-order valence-corrected chi connectivity index (χ1v) is 11.0. The monoisotopic (exact) mass is 399 g/mol. The molecule has 0 amide bonds. The third kappa shape index (κ3) is 4.28. The van der Waals surface area contributed by atoms with Crippen molar-refractivity contribution in [1.29, 1.82) is 0 Å². The van der Waals surface area contributed by atoms with Gasteiger partial charge in [-0.3, -0.25) is 4.90 Å². The molecule has 2 fully saturated rings. The number of rotatable bonds is 7. The van der Waals surface area contributed by atoms with E-state index in [-0.39, 0.29) is 6.10 Å². The number of ether oxygens (including phenoxy) is 2. The highest BCUT2D eigenvalue weighted by atomic mass is 16.5. The maximum atomic E-state index is 6.24. The predicted molar refractivity (Wildman–Crippen MR) is 119 cm³/mol. The Hall–Kier alpha value is -2.62. The normalized spacial score (nSPS) is 23.4. The largest absolute Gasteiger partial charge is 0.489 e. The van der Waals surface area contributed by atoms with Gasteiger partial charge in [-0.2, -0.15) is 0 Å². The summed E-state index contributed by atoms with van der Waals surface area (Å²) in [6.45, 7) is 1.35. The van der Waals surface area contributed by atoms with Crippen LogP contribution in [-0.2, 0) is 17.8 Å². The van der Waals surface area contributed by atoms with Gasteiger partial charge >= 0.3 is 0 Å². The SMILES string of the molecule is c1ccc(CCC2CCC3C(c4ccc(OCc5ccccc5)cc4)OCN23)cc1. The average molecular weight is 400 g/mol. The molecule has 2 aliphatic heterocycles. The van der Waals surface area contributed by atoms with Crippen molar-refractivity contribution in [1.82, 2.24) is 4.90 Å². The quantitative estimate of drug-likeness (QED) is 0.504. The van der Waals surface area contributed by atoms with E-state index >= 15 is 0 Å². The van der Waals surface area contributed by atoms with Crippen LogP contribution in [0.15, 0.2) is 84.9 Å². The van der Waals surface area contributed by atoms with Crippen molar-refractivity contribution in [3.8, 4) is 5.75 Å². The molecule has 0 bridgehead atoms. The van der Waals surface area contributed by atoms with Crippen LogP contribution in [0.5, 0.6) is 5.75 Å². The van der Waals surface area contributed by atoms with Crippen LogP contribution < -0.4 is 4.74 Å². The number of fused-ring (bicyclic) bond motifs is 1. The lowest BCUT2D eigenvalue weighted by molar-refractivity contribution is 0.0734. The summed E-state index contributed by atoms with van der Waals surface area (Å²) in [5.74, 6) is 0.907. The summed E-state index contributed by atoms with van der Waals surface area (Å²) in [7, 11) is 0. The molecule has 3 heteroatoms. The number of hydrogen-bond acceptors (Lipinski definition) is 3. The predicted octanol–water partition coefficient (Wildman–Crippen LogP) is 5.76. The molecule has 3 aromatic carbocycles. The van der Waals surface area contributed by atoms with E-state index in [4.69, 9.17) is 9.47 Å². The Morgan fingerprint density at radius 3 is 2.23 bits per heavy atom. The minimum absolute atomic E-state index is 0.176. The number of benzene rings is 3. The highest BCUT2D eigenvalue weighted by Gasteiger charge is 2.43. The van der Waals surface area contributed by atoms with E-state index < -0.39 is 0 Å². The topological polar surface area (TPSA) is 21.7 Å². The van der Waals surface area contributed by atoms with Crippen molar-refractivity contribution >= 4 is 0 Å². The molecular weight excluding hydrogens is 370 g/mol. The second-order valence-corrected chi connectivity index (χ2v) is 8.40. The Morgan fingerprint density at radius 2 is 1.50 bits per heavy atom. The summed E-state index contributed by atoms with van der Waals surface area (Å²) < 4.78 is 12.2. The van der Waals surface area contributed by atoms with Crippen LogP contribution >= 0.6 is 0 Å². The molecule has 2 aliphatic rings. The van der Waals surface area contributed by atoms with Crippen LogP contribution in [0.2, 0.25) is 0 Å². The van der Waals surface area contributed by atoms with E-state index in [1.54, 1.807) is 0 Å². The zero-order valence-corrected chi connectivity index (χ0v) is 17.3. The van der Waals surface area contributed by atoms with Crippen molar-refractivity contribution < 1.29 is 9.47 Å². The Balaban J connectivity index is 1.17. The van der Waals surface area contributed by atoms with Crippen LogP contribution in [0.1, 0.15) is 42.1 Å². The third-order valence-electron chi connectivity index (χ3n) is 6.51. The van der Waals surface area contributed by atoms with Crippen molar-refractivity contribution in [3.05, 3.63) is 102 Å². The molecule has 0 spiro atoms. The molecule has 5 rings (SSSR count). The van der Waals surface area contributed by atoms with E-state index in [2.05, 4.69) is 71.6 Å². The number of nitrogens with zero attached hydrogens (tertiary/aromatic N) is 1. The third-order valence-corrected chi connectivity index (χ3v) is 6.51. The maximum Gasteiger partial charge on any atom is 0.119 e. The molecule has 3 nitrogen and oxygen atoms in total. The van der Waals surface area contributed by atoms with Crippen molar-refractivity contribution in [3.63, 3.8) is 0 Å². The molecule has 0 N–H and O–H groups in total. The van der Waals surface area contributed by atoms with Gasteiger partial charge < -0.3 is 9.47 Å². The van der Waals surface area contributed by atoms with E-state index in [1.807, 2.05) is 18.2 Å². The minimum Gasteiger partial charge on any atom is -0.489 e. The molecule has 0 aromatic heterocycles. The van der Waals surface area contributed by atoms with E-state index in [1.165, 1.54) is 36.0 Å². The zero-order chi connectivity index (χ0) is 20.2. The lowest BCUT2D eigenvalue weighted by Gasteiger charge is -2.23. The Labute approximate surface area is 179 Å². The Bertz CT molecular complexity index is 926. The van der Waals surface area contributed by atoms with Gasteiger partial charge in [0, 0.05) is 12.1 Å². The van der Waals surface area contributed by atoms with E-state index in [9.17, 15) is 0 Å². The first-order chi connectivity index (χ1) is 14.9. The average Bonchev–Trinajstić information content (AvgIpc) is 3.41. The van der Waals surface area contributed by atoms with Gasteiger partial charge in [0.15, 0.2) is 0 Å². The summed E-state index contributed by atoms with van der Waals surface area (Å²) in [5, 5.41) is 0. The summed E-state index contributed by atoms with van der Waals surface area (Å²) in [6.07, 6.45) is 5.02. The molecule has 2 heterocycles. The lowest BCUT2D eigenvalue weighted by atomic mass is 10.0. The van der Waals surface area contributed by atoms with E-state index in [0.29, 0.717) is 18.7 Å². The van der Waals surface area contributed by atoms with Gasteiger partial charge in [-0.1, -0.05) is 72.8 Å². The Morgan fingerprint density at radius 1 is 0.800 bits per heavy atom. The first kappa shape index (κ1) is 19.3. The fraction of sp³-hybridized carbons (Fsp3) is 0.333. The standard InChI is InChI=1S/C27H29NO2/c1-3-7-21(8-4-1)11-14-24-15-18-26-27(30-20-28(24)26)23-12-16-25(17-13-23)29-19-22-9-5-2-6-10-22/h1-10,12-13,16-17,24,26-27H,11,14-15,18-20H2. The molecule has 0 aliphatic carbocycles. The van der Waals surface area contributed by atoms with Gasteiger partial charge in [0.05, 0.1) is 6.10 Å². The summed E-state index contributed by atoms with van der Waals surface area (Å²) >= 11 is 0. The molecular formula is C27H29NO2. The first-order valence-electron chi connectivity index (χ1n) is 11.0. The van der Waals surface area contributed by atoms with E-state index in [0.717, 1.165) is 18.9 Å². The molecule has 3 unspecified atom stereocenters. The van der Waals surface area contributed by atoms with Gasteiger partial charge in [0.1, 0.15) is 19.1 Å². The zero-order valence-electron chi connectivity index (χ0n) is 17.3. The molecule has 0 saturated carbocycles. The van der Waals surface area contributed by atoms with Gasteiger partial charge in [-0.15, -0.1) is 0 Å². The van der Waals surface area contributed by atoms with Gasteiger partial charge in [0.25, 0.3) is 0 Å². The molecule has 2 saturated heterocycles. The maximum absolute atomic E-state index is 6.24. The molecule has 0 radical (unpaired) electrons. The summed E-state index contributed by atoms with van der Waals surface area (Å²) in [6, 6.07) is 30.7. The minimum atomic E-state index is 0.176. The van der Waals surface area contributed by atoms with Crippen molar-refractivity contribution in [2.45, 2.75) is 50.5 Å². The highest BCUT2D eigenvalue weighted by molar-refractivity contribution is 5.30. The van der Waals surface area contributed by atoms with Gasteiger partial charge in [-0.05, 0) is 54.5 Å². The summed E-state index contributed by atoms with van der Waals surface area (Å²) in [4.78, 5) is 2.59. The fourth-order valence-electron chi connectivity index (χ4n) is 4.87. The fourth-order valence-corrected chi connectivity index (χ4v) is 4.87. The van der Waals surface area contributed by atoms with Crippen LogP contribution in [0.4, 0.5) is 0 Å². The second-order valence-electron chi connectivity index (χ2n) is 8.40. The van der Waals surface area contributed by atoms with Crippen LogP contribution in [0.25, 0.3) is 0 Å². The Kier molecular flexibility index (Phi) is 5.82. The number of hydrogen-bond donors (Lipinski definition) is 0. The number of aryl methyl sites for hydroxylation is 1. The van der Waals surface area contributed by atoms with Crippen molar-refractivity contribution in [2.75, 3.05) is 6.73 Å². The van der Waals surface area contributed by atoms with Gasteiger partial charge in [0.2, 0.25) is 0 Å². The smallest absolute Gasteiger partial charge is 0.119 e. The van der Waals surface area contributed by atoms with Crippen LogP contribution in [-0.4, -0.2) is 23.7 Å². The lowest BCUT2D eigenvalue weighted by Crippen LogP contribution is -2.33. The van der Waals surface area contributed by atoms with Crippen LogP contribution in [0, 0.1) is 0 Å². The second kappa shape index (κ2) is 9.03.